The molecule has 21 heavy (non-hydrogen) atoms. The van der Waals surface area contributed by atoms with Crippen molar-refractivity contribution in [2.24, 2.45) is 5.73 Å². The molecule has 0 spiro atoms. The van der Waals surface area contributed by atoms with Crippen LogP contribution in [-0.2, 0) is 0 Å². The van der Waals surface area contributed by atoms with Crippen LogP contribution in [0.2, 0.25) is 5.02 Å². The van der Waals surface area contributed by atoms with E-state index in [1.807, 2.05) is 56.3 Å². The van der Waals surface area contributed by atoms with E-state index in [0.717, 1.165) is 11.3 Å². The smallest absolute Gasteiger partial charge is 0.124 e. The minimum Gasteiger partial charge on any atom is -0.494 e. The topological polar surface area (TPSA) is 44.5 Å². The molecule has 2 atom stereocenters. The lowest BCUT2D eigenvalue weighted by atomic mass is 10.0. The fraction of sp³-hybridized carbons (Fsp3) is 0.294. The number of para-hydroxylation sites is 1. The Balaban J connectivity index is 2.13. The molecular weight excluding hydrogens is 286 g/mol. The van der Waals surface area contributed by atoms with Gasteiger partial charge in [0.15, 0.2) is 0 Å². The largest absolute Gasteiger partial charge is 0.494 e. The molecule has 0 saturated heterocycles. The molecule has 0 aromatic heterocycles. The van der Waals surface area contributed by atoms with E-state index in [4.69, 9.17) is 26.8 Å². The Bertz CT molecular complexity index is 589. The number of nitrogens with two attached hydrogens (primary N) is 1. The van der Waals surface area contributed by atoms with Gasteiger partial charge in [0, 0.05) is 10.6 Å². The van der Waals surface area contributed by atoms with Crippen LogP contribution in [0.4, 0.5) is 0 Å². The Morgan fingerprint density at radius 1 is 1.14 bits per heavy atom. The van der Waals surface area contributed by atoms with Crippen LogP contribution in [-0.4, -0.2) is 12.7 Å². The van der Waals surface area contributed by atoms with Crippen LogP contribution in [0.5, 0.6) is 11.5 Å². The highest BCUT2D eigenvalue weighted by Gasteiger charge is 2.20. The summed E-state index contributed by atoms with van der Waals surface area (Å²) in [5, 5.41) is 0.642. The van der Waals surface area contributed by atoms with Crippen molar-refractivity contribution in [3.8, 4) is 11.5 Å². The molecule has 0 aliphatic carbocycles. The van der Waals surface area contributed by atoms with Gasteiger partial charge in [-0.05, 0) is 38.1 Å². The summed E-state index contributed by atoms with van der Waals surface area (Å²) in [6.45, 7) is 4.50. The van der Waals surface area contributed by atoms with Crippen molar-refractivity contribution in [1.29, 1.82) is 0 Å². The molecule has 0 radical (unpaired) electrons. The van der Waals surface area contributed by atoms with Gasteiger partial charge in [-0.25, -0.2) is 0 Å². The molecule has 4 heteroatoms. The van der Waals surface area contributed by atoms with E-state index in [1.165, 1.54) is 0 Å². The van der Waals surface area contributed by atoms with Crippen molar-refractivity contribution in [1.82, 2.24) is 0 Å². The van der Waals surface area contributed by atoms with Gasteiger partial charge in [-0.15, -0.1) is 0 Å². The van der Waals surface area contributed by atoms with Crippen molar-refractivity contribution in [3.05, 3.63) is 59.1 Å². The maximum Gasteiger partial charge on any atom is 0.124 e. The van der Waals surface area contributed by atoms with Gasteiger partial charge in [0.05, 0.1) is 12.6 Å². The van der Waals surface area contributed by atoms with Gasteiger partial charge in [-0.3, -0.25) is 0 Å². The average molecular weight is 306 g/mol. The van der Waals surface area contributed by atoms with Crippen LogP contribution < -0.4 is 15.2 Å². The zero-order valence-corrected chi connectivity index (χ0v) is 13.0. The molecule has 2 N–H and O–H groups in total. The zero-order valence-electron chi connectivity index (χ0n) is 12.3. The molecule has 2 aromatic carbocycles. The van der Waals surface area contributed by atoms with Gasteiger partial charge in [-0.2, -0.15) is 0 Å². The lowest BCUT2D eigenvalue weighted by Crippen LogP contribution is -2.29. The van der Waals surface area contributed by atoms with Gasteiger partial charge in [-0.1, -0.05) is 35.9 Å². The summed E-state index contributed by atoms with van der Waals surface area (Å²) in [5.41, 5.74) is 7.26. The first-order valence-electron chi connectivity index (χ1n) is 7.01. The first-order valence-corrected chi connectivity index (χ1v) is 7.39. The van der Waals surface area contributed by atoms with Crippen molar-refractivity contribution in [3.63, 3.8) is 0 Å². The molecule has 0 saturated carbocycles. The predicted octanol–water partition coefficient (Wildman–Crippen LogP) is 4.21. The summed E-state index contributed by atoms with van der Waals surface area (Å²) in [4.78, 5) is 0. The number of hydrogen-bond donors (Lipinski definition) is 1. The molecule has 0 fully saturated rings. The minimum atomic E-state index is -0.285. The van der Waals surface area contributed by atoms with Crippen molar-refractivity contribution < 1.29 is 9.47 Å². The Kier molecular flexibility index (Phi) is 5.48. The summed E-state index contributed by atoms with van der Waals surface area (Å²) in [6, 6.07) is 14.8. The van der Waals surface area contributed by atoms with Crippen LogP contribution in [0, 0.1) is 0 Å². The predicted molar refractivity (Wildman–Crippen MR) is 86.1 cm³/mol. The van der Waals surface area contributed by atoms with Gasteiger partial charge >= 0.3 is 0 Å². The van der Waals surface area contributed by atoms with Crippen molar-refractivity contribution in [2.75, 3.05) is 6.61 Å². The van der Waals surface area contributed by atoms with E-state index >= 15 is 0 Å². The number of rotatable bonds is 6. The normalized spacial score (nSPS) is 13.5. The number of halogens is 1. The second-order valence-electron chi connectivity index (χ2n) is 4.78. The van der Waals surface area contributed by atoms with E-state index in [2.05, 4.69) is 0 Å². The fourth-order valence-electron chi connectivity index (χ4n) is 2.12. The molecule has 0 aliphatic heterocycles. The number of ether oxygens (including phenoxy) is 2. The Morgan fingerprint density at radius 3 is 2.62 bits per heavy atom. The van der Waals surface area contributed by atoms with E-state index < -0.39 is 0 Å². The molecule has 0 heterocycles. The monoisotopic (exact) mass is 305 g/mol. The summed E-state index contributed by atoms with van der Waals surface area (Å²) < 4.78 is 11.5. The maximum absolute atomic E-state index is 6.32. The molecule has 2 rings (SSSR count). The second kappa shape index (κ2) is 7.34. The summed E-state index contributed by atoms with van der Waals surface area (Å²) in [5.74, 6) is 1.51. The van der Waals surface area contributed by atoms with E-state index in [0.29, 0.717) is 17.4 Å². The Morgan fingerprint density at radius 2 is 1.90 bits per heavy atom. The quantitative estimate of drug-likeness (QED) is 0.869. The van der Waals surface area contributed by atoms with Gasteiger partial charge < -0.3 is 15.2 Å². The first-order chi connectivity index (χ1) is 10.1. The standard InChI is InChI=1S/C17H20ClNO2/c1-3-20-16-10-5-4-9-15(16)17(19)12(2)21-14-8-6-7-13(18)11-14/h4-12,17H,3,19H2,1-2H3. The summed E-state index contributed by atoms with van der Waals surface area (Å²) >= 11 is 5.96. The van der Waals surface area contributed by atoms with Crippen molar-refractivity contribution >= 4 is 11.6 Å². The van der Waals surface area contributed by atoms with Crippen LogP contribution in [0.25, 0.3) is 0 Å². The van der Waals surface area contributed by atoms with E-state index in [1.54, 1.807) is 6.07 Å². The maximum atomic E-state index is 6.32. The molecule has 0 amide bonds. The Labute approximate surface area is 130 Å². The second-order valence-corrected chi connectivity index (χ2v) is 5.21. The minimum absolute atomic E-state index is 0.204. The molecule has 2 unspecified atom stereocenters. The van der Waals surface area contributed by atoms with Crippen LogP contribution in [0.3, 0.4) is 0 Å². The number of benzene rings is 2. The average Bonchev–Trinajstić information content (AvgIpc) is 2.47. The highest BCUT2D eigenvalue weighted by molar-refractivity contribution is 6.30. The highest BCUT2D eigenvalue weighted by atomic mass is 35.5. The van der Waals surface area contributed by atoms with Crippen LogP contribution in [0.1, 0.15) is 25.5 Å². The summed E-state index contributed by atoms with van der Waals surface area (Å²) in [6.07, 6.45) is -0.204. The third-order valence-electron chi connectivity index (χ3n) is 3.20. The van der Waals surface area contributed by atoms with Crippen molar-refractivity contribution in [2.45, 2.75) is 26.0 Å². The molecule has 3 nitrogen and oxygen atoms in total. The van der Waals surface area contributed by atoms with E-state index in [9.17, 15) is 0 Å². The van der Waals surface area contributed by atoms with E-state index in [-0.39, 0.29) is 12.1 Å². The molecule has 0 bridgehead atoms. The van der Waals surface area contributed by atoms with Crippen LogP contribution >= 0.6 is 11.6 Å². The lowest BCUT2D eigenvalue weighted by molar-refractivity contribution is 0.188. The first kappa shape index (κ1) is 15.7. The third-order valence-corrected chi connectivity index (χ3v) is 3.44. The lowest BCUT2D eigenvalue weighted by Gasteiger charge is -2.23. The van der Waals surface area contributed by atoms with Gasteiger partial charge in [0.1, 0.15) is 17.6 Å². The van der Waals surface area contributed by atoms with Gasteiger partial charge in [0.2, 0.25) is 0 Å². The SMILES string of the molecule is CCOc1ccccc1C(N)C(C)Oc1cccc(Cl)c1. The van der Waals surface area contributed by atoms with Crippen LogP contribution in [0.15, 0.2) is 48.5 Å². The third kappa shape index (κ3) is 4.13. The van der Waals surface area contributed by atoms with Gasteiger partial charge in [0.25, 0.3) is 0 Å². The molecule has 112 valence electrons. The Hall–Kier alpha value is -1.71. The molecular formula is C17H20ClNO2. The molecule has 2 aromatic rings. The number of hydrogen-bond acceptors (Lipinski definition) is 3. The summed E-state index contributed by atoms with van der Waals surface area (Å²) in [7, 11) is 0. The molecule has 0 aliphatic rings. The highest BCUT2D eigenvalue weighted by Crippen LogP contribution is 2.28. The fourth-order valence-corrected chi connectivity index (χ4v) is 2.30. The zero-order chi connectivity index (χ0) is 15.2.